The lowest BCUT2D eigenvalue weighted by Gasteiger charge is -2.33. The molecule has 134 valence electrons. The van der Waals surface area contributed by atoms with Crippen molar-refractivity contribution in [2.75, 3.05) is 33.9 Å². The second-order valence-electron chi connectivity index (χ2n) is 6.25. The average molecular weight is 345 g/mol. The van der Waals surface area contributed by atoms with Gasteiger partial charge in [-0.15, -0.1) is 0 Å². The summed E-state index contributed by atoms with van der Waals surface area (Å²) in [6.07, 6.45) is 0.919. The molecule has 25 heavy (non-hydrogen) atoms. The molecule has 0 N–H and O–H groups in total. The van der Waals surface area contributed by atoms with Gasteiger partial charge in [-0.25, -0.2) is 4.39 Å². The van der Waals surface area contributed by atoms with Gasteiger partial charge in [0.25, 0.3) is 0 Å². The second-order valence-corrected chi connectivity index (χ2v) is 6.25. The van der Waals surface area contributed by atoms with Crippen molar-refractivity contribution >= 4 is 0 Å². The van der Waals surface area contributed by atoms with Crippen molar-refractivity contribution in [3.63, 3.8) is 0 Å². The average Bonchev–Trinajstić information content (AvgIpc) is 2.64. The summed E-state index contributed by atoms with van der Waals surface area (Å²) < 4.78 is 29.6. The Morgan fingerprint density at radius 1 is 1.04 bits per heavy atom. The van der Waals surface area contributed by atoms with E-state index in [1.165, 1.54) is 17.7 Å². The molecule has 0 radical (unpaired) electrons. The zero-order valence-corrected chi connectivity index (χ0v) is 14.7. The topological polar surface area (TPSA) is 30.9 Å². The second kappa shape index (κ2) is 8.32. The third-order valence-corrected chi connectivity index (χ3v) is 4.45. The highest BCUT2D eigenvalue weighted by atomic mass is 19.1. The number of benzene rings is 2. The van der Waals surface area contributed by atoms with Crippen molar-refractivity contribution in [2.45, 2.75) is 19.1 Å². The van der Waals surface area contributed by atoms with Crippen LogP contribution in [-0.4, -0.2) is 44.9 Å². The smallest absolute Gasteiger partial charge is 0.161 e. The Bertz CT molecular complexity index is 690. The van der Waals surface area contributed by atoms with Gasteiger partial charge in [-0.1, -0.05) is 18.2 Å². The maximum atomic E-state index is 13.0. The van der Waals surface area contributed by atoms with Gasteiger partial charge in [-0.3, -0.25) is 4.90 Å². The van der Waals surface area contributed by atoms with Crippen LogP contribution in [0.5, 0.6) is 11.5 Å². The molecule has 4 nitrogen and oxygen atoms in total. The summed E-state index contributed by atoms with van der Waals surface area (Å²) in [5.41, 5.74) is 2.28. The maximum Gasteiger partial charge on any atom is 0.161 e. The lowest BCUT2D eigenvalue weighted by atomic mass is 10.1. The van der Waals surface area contributed by atoms with E-state index in [0.29, 0.717) is 6.61 Å². The number of halogens is 1. The van der Waals surface area contributed by atoms with E-state index >= 15 is 0 Å². The summed E-state index contributed by atoms with van der Waals surface area (Å²) in [5.74, 6) is 1.28. The lowest BCUT2D eigenvalue weighted by Crippen LogP contribution is -2.42. The Hall–Kier alpha value is -2.11. The van der Waals surface area contributed by atoms with Crippen molar-refractivity contribution in [1.29, 1.82) is 0 Å². The molecule has 0 amide bonds. The Morgan fingerprint density at radius 3 is 2.48 bits per heavy atom. The number of hydrogen-bond acceptors (Lipinski definition) is 4. The van der Waals surface area contributed by atoms with Gasteiger partial charge >= 0.3 is 0 Å². The predicted octanol–water partition coefficient (Wildman–Crippen LogP) is 3.29. The van der Waals surface area contributed by atoms with Gasteiger partial charge in [0, 0.05) is 19.6 Å². The first-order chi connectivity index (χ1) is 12.2. The highest BCUT2D eigenvalue weighted by Crippen LogP contribution is 2.28. The molecule has 0 saturated carbocycles. The summed E-state index contributed by atoms with van der Waals surface area (Å²) in [5, 5.41) is 0. The highest BCUT2D eigenvalue weighted by molar-refractivity contribution is 5.42. The fourth-order valence-electron chi connectivity index (χ4n) is 3.17. The molecule has 1 fully saturated rings. The van der Waals surface area contributed by atoms with Crippen molar-refractivity contribution in [3.05, 3.63) is 59.4 Å². The maximum absolute atomic E-state index is 13.0. The van der Waals surface area contributed by atoms with Crippen molar-refractivity contribution in [3.8, 4) is 11.5 Å². The fraction of sp³-hybridized carbons (Fsp3) is 0.400. The minimum absolute atomic E-state index is 0.124. The van der Waals surface area contributed by atoms with Crippen LogP contribution in [-0.2, 0) is 17.7 Å². The van der Waals surface area contributed by atoms with Crippen LogP contribution < -0.4 is 9.47 Å². The summed E-state index contributed by atoms with van der Waals surface area (Å²) >= 11 is 0. The normalized spacial score (nSPS) is 18.1. The Morgan fingerprint density at radius 2 is 1.76 bits per heavy atom. The van der Waals surface area contributed by atoms with Crippen LogP contribution in [0.2, 0.25) is 0 Å². The number of rotatable bonds is 6. The van der Waals surface area contributed by atoms with E-state index in [2.05, 4.69) is 11.0 Å². The van der Waals surface area contributed by atoms with Crippen LogP contribution >= 0.6 is 0 Å². The Balaban J connectivity index is 1.60. The highest BCUT2D eigenvalue weighted by Gasteiger charge is 2.21. The molecule has 1 aliphatic rings. The summed E-state index contributed by atoms with van der Waals surface area (Å²) in [7, 11) is 3.29. The van der Waals surface area contributed by atoms with Gasteiger partial charge in [-0.05, 0) is 41.8 Å². The van der Waals surface area contributed by atoms with Gasteiger partial charge in [-0.2, -0.15) is 0 Å². The van der Waals surface area contributed by atoms with Crippen LogP contribution in [0.1, 0.15) is 11.1 Å². The van der Waals surface area contributed by atoms with Gasteiger partial charge in [0.15, 0.2) is 11.5 Å². The third-order valence-electron chi connectivity index (χ3n) is 4.45. The summed E-state index contributed by atoms with van der Waals surface area (Å²) in [4.78, 5) is 2.37. The zero-order valence-electron chi connectivity index (χ0n) is 14.7. The molecule has 1 atom stereocenters. The van der Waals surface area contributed by atoms with E-state index in [4.69, 9.17) is 14.2 Å². The molecule has 1 aliphatic heterocycles. The van der Waals surface area contributed by atoms with Crippen LogP contribution in [0.25, 0.3) is 0 Å². The molecule has 2 aromatic rings. The molecular formula is C20H24FNO3. The van der Waals surface area contributed by atoms with Gasteiger partial charge in [0.1, 0.15) is 5.82 Å². The molecule has 2 aromatic carbocycles. The standard InChI is InChI=1S/C20H24FNO3/c1-23-19-8-5-16(12-20(19)24-2)13-22-9-10-25-18(14-22)11-15-3-6-17(21)7-4-15/h3-8,12,18H,9-11,13-14H2,1-2H3/t18-/m0/s1. The Labute approximate surface area is 148 Å². The minimum atomic E-state index is -0.205. The quantitative estimate of drug-likeness (QED) is 0.804. The lowest BCUT2D eigenvalue weighted by molar-refractivity contribution is -0.0305. The van der Waals surface area contributed by atoms with Gasteiger partial charge in [0.05, 0.1) is 26.9 Å². The van der Waals surface area contributed by atoms with E-state index in [1.54, 1.807) is 14.2 Å². The molecule has 1 heterocycles. The third kappa shape index (κ3) is 4.71. The predicted molar refractivity (Wildman–Crippen MR) is 94.7 cm³/mol. The van der Waals surface area contributed by atoms with E-state index in [-0.39, 0.29) is 11.9 Å². The molecule has 0 aliphatic carbocycles. The largest absolute Gasteiger partial charge is 0.493 e. The van der Waals surface area contributed by atoms with Crippen LogP contribution in [0.3, 0.4) is 0 Å². The first kappa shape index (κ1) is 17.7. The number of ether oxygens (including phenoxy) is 3. The molecule has 0 aromatic heterocycles. The van der Waals surface area contributed by atoms with Crippen molar-refractivity contribution < 1.29 is 18.6 Å². The van der Waals surface area contributed by atoms with Crippen LogP contribution in [0.4, 0.5) is 4.39 Å². The van der Waals surface area contributed by atoms with E-state index in [9.17, 15) is 4.39 Å². The van der Waals surface area contributed by atoms with E-state index in [0.717, 1.165) is 43.1 Å². The van der Waals surface area contributed by atoms with Crippen molar-refractivity contribution in [2.24, 2.45) is 0 Å². The van der Waals surface area contributed by atoms with Gasteiger partial charge in [0.2, 0.25) is 0 Å². The van der Waals surface area contributed by atoms with Crippen LogP contribution in [0, 0.1) is 5.82 Å². The SMILES string of the molecule is COc1ccc(CN2CCO[C@@H](Cc3ccc(F)cc3)C2)cc1OC. The Kier molecular flexibility index (Phi) is 5.89. The van der Waals surface area contributed by atoms with Gasteiger partial charge < -0.3 is 14.2 Å². The first-order valence-corrected chi connectivity index (χ1v) is 8.47. The molecule has 0 bridgehead atoms. The van der Waals surface area contributed by atoms with E-state index in [1.807, 2.05) is 24.3 Å². The number of morpholine rings is 1. The molecule has 3 rings (SSSR count). The zero-order chi connectivity index (χ0) is 17.6. The number of hydrogen-bond donors (Lipinski definition) is 0. The molecule has 5 heteroatoms. The molecular weight excluding hydrogens is 321 g/mol. The monoisotopic (exact) mass is 345 g/mol. The molecule has 0 spiro atoms. The van der Waals surface area contributed by atoms with Crippen LogP contribution in [0.15, 0.2) is 42.5 Å². The van der Waals surface area contributed by atoms with E-state index < -0.39 is 0 Å². The van der Waals surface area contributed by atoms with Crippen molar-refractivity contribution in [1.82, 2.24) is 4.90 Å². The molecule has 1 saturated heterocycles. The first-order valence-electron chi connectivity index (χ1n) is 8.47. The fourth-order valence-corrected chi connectivity index (χ4v) is 3.17. The molecule has 0 unspecified atom stereocenters. The number of nitrogens with zero attached hydrogens (tertiary/aromatic N) is 1. The number of methoxy groups -OCH3 is 2. The summed E-state index contributed by atoms with van der Waals surface area (Å²) in [6, 6.07) is 12.7. The summed E-state index contributed by atoms with van der Waals surface area (Å²) in [6.45, 7) is 3.29. The minimum Gasteiger partial charge on any atom is -0.493 e.